The van der Waals surface area contributed by atoms with Crippen molar-refractivity contribution >= 4 is 16.7 Å². The molecule has 0 aliphatic rings. The molecule has 0 radical (unpaired) electrons. The Morgan fingerprint density at radius 2 is 1.92 bits per heavy atom. The Kier molecular flexibility index (Phi) is 4.81. The molecule has 126 valence electrons. The number of nitrogens with one attached hydrogen (secondary N) is 1. The number of aryl methyl sites for hydroxylation is 1. The number of rotatable bonds is 6. The van der Waals surface area contributed by atoms with Crippen LogP contribution in [0.25, 0.3) is 10.9 Å². The van der Waals surface area contributed by atoms with Crippen molar-refractivity contribution in [3.8, 4) is 0 Å². The minimum Gasteiger partial charge on any atom is -0.383 e. The van der Waals surface area contributed by atoms with Crippen molar-refractivity contribution in [3.63, 3.8) is 0 Å². The van der Waals surface area contributed by atoms with Gasteiger partial charge in [0.1, 0.15) is 11.6 Å². The number of methoxy groups -OCH3 is 1. The van der Waals surface area contributed by atoms with E-state index in [0.29, 0.717) is 13.2 Å². The Hall–Kier alpha value is -2.40. The standard InChI is InChI=1S/C19H22FN3O/c1-13-14(2)23(10-11-24-3)17-8-9-21-19(18(13)17)22-12-15-4-6-16(20)7-5-15/h4-9H,10-12H2,1-3H3,(H,21,22). The highest BCUT2D eigenvalue weighted by Gasteiger charge is 2.14. The highest BCUT2D eigenvalue weighted by atomic mass is 19.1. The van der Waals surface area contributed by atoms with E-state index in [4.69, 9.17) is 4.74 Å². The van der Waals surface area contributed by atoms with Crippen molar-refractivity contribution in [1.29, 1.82) is 0 Å². The topological polar surface area (TPSA) is 39.1 Å². The molecule has 0 unspecified atom stereocenters. The number of halogens is 1. The second-order valence-corrected chi connectivity index (χ2v) is 5.89. The molecule has 5 heteroatoms. The zero-order chi connectivity index (χ0) is 17.1. The van der Waals surface area contributed by atoms with E-state index in [1.54, 1.807) is 19.2 Å². The van der Waals surface area contributed by atoms with Crippen LogP contribution in [0, 0.1) is 19.7 Å². The summed E-state index contributed by atoms with van der Waals surface area (Å²) in [6.45, 7) is 6.33. The zero-order valence-corrected chi connectivity index (χ0v) is 14.3. The van der Waals surface area contributed by atoms with Gasteiger partial charge >= 0.3 is 0 Å². The molecule has 3 aromatic rings. The van der Waals surface area contributed by atoms with Gasteiger partial charge in [-0.1, -0.05) is 12.1 Å². The van der Waals surface area contributed by atoms with Crippen LogP contribution in [0.15, 0.2) is 36.5 Å². The number of hydrogen-bond donors (Lipinski definition) is 1. The van der Waals surface area contributed by atoms with Gasteiger partial charge in [0.25, 0.3) is 0 Å². The predicted octanol–water partition coefficient (Wildman–Crippen LogP) is 4.05. The molecule has 0 aliphatic carbocycles. The van der Waals surface area contributed by atoms with Crippen molar-refractivity contribution in [3.05, 3.63) is 59.2 Å². The lowest BCUT2D eigenvalue weighted by atomic mass is 10.1. The molecular weight excluding hydrogens is 305 g/mol. The molecule has 0 aliphatic heterocycles. The van der Waals surface area contributed by atoms with Gasteiger partial charge in [0.2, 0.25) is 0 Å². The van der Waals surface area contributed by atoms with Gasteiger partial charge in [0, 0.05) is 37.5 Å². The number of ether oxygens (including phenoxy) is 1. The molecular formula is C19H22FN3O. The molecule has 24 heavy (non-hydrogen) atoms. The van der Waals surface area contributed by atoms with Crippen LogP contribution in [-0.2, 0) is 17.8 Å². The molecule has 0 saturated heterocycles. The van der Waals surface area contributed by atoms with Crippen LogP contribution in [0.4, 0.5) is 10.2 Å². The Balaban J connectivity index is 1.92. The first kappa shape index (κ1) is 16.5. The summed E-state index contributed by atoms with van der Waals surface area (Å²) in [4.78, 5) is 4.51. The van der Waals surface area contributed by atoms with Crippen LogP contribution in [0.3, 0.4) is 0 Å². The summed E-state index contributed by atoms with van der Waals surface area (Å²) in [5.41, 5.74) is 4.61. The molecule has 2 heterocycles. The zero-order valence-electron chi connectivity index (χ0n) is 14.3. The van der Waals surface area contributed by atoms with Crippen molar-refractivity contribution in [1.82, 2.24) is 9.55 Å². The summed E-state index contributed by atoms with van der Waals surface area (Å²) in [5, 5.41) is 4.52. The summed E-state index contributed by atoms with van der Waals surface area (Å²) in [6, 6.07) is 8.55. The maximum absolute atomic E-state index is 13.0. The average molecular weight is 327 g/mol. The summed E-state index contributed by atoms with van der Waals surface area (Å²) in [7, 11) is 1.71. The lowest BCUT2D eigenvalue weighted by molar-refractivity contribution is 0.188. The van der Waals surface area contributed by atoms with Crippen molar-refractivity contribution in [2.24, 2.45) is 0 Å². The highest BCUT2D eigenvalue weighted by Crippen LogP contribution is 2.30. The number of hydrogen-bond acceptors (Lipinski definition) is 3. The molecule has 0 bridgehead atoms. The minimum absolute atomic E-state index is 0.222. The molecule has 2 aromatic heterocycles. The van der Waals surface area contributed by atoms with E-state index in [1.807, 2.05) is 12.3 Å². The first-order valence-corrected chi connectivity index (χ1v) is 8.03. The fourth-order valence-corrected chi connectivity index (χ4v) is 3.00. The summed E-state index contributed by atoms with van der Waals surface area (Å²) in [6.07, 6.45) is 1.82. The van der Waals surface area contributed by atoms with Crippen molar-refractivity contribution < 1.29 is 9.13 Å². The molecule has 0 spiro atoms. The minimum atomic E-state index is -0.222. The van der Waals surface area contributed by atoms with Crippen LogP contribution >= 0.6 is 0 Å². The molecule has 0 fully saturated rings. The predicted molar refractivity (Wildman–Crippen MR) is 94.8 cm³/mol. The quantitative estimate of drug-likeness (QED) is 0.742. The molecule has 1 aromatic carbocycles. The summed E-state index contributed by atoms with van der Waals surface area (Å²) >= 11 is 0. The third kappa shape index (κ3) is 3.12. The van der Waals surface area contributed by atoms with E-state index >= 15 is 0 Å². The van der Waals surface area contributed by atoms with Crippen LogP contribution in [0.5, 0.6) is 0 Å². The lowest BCUT2D eigenvalue weighted by Crippen LogP contribution is -2.06. The van der Waals surface area contributed by atoms with Gasteiger partial charge in [-0.25, -0.2) is 9.37 Å². The Bertz CT molecular complexity index is 840. The normalized spacial score (nSPS) is 11.2. The van der Waals surface area contributed by atoms with Crippen molar-refractivity contribution in [2.75, 3.05) is 19.0 Å². The van der Waals surface area contributed by atoms with Crippen molar-refractivity contribution in [2.45, 2.75) is 26.9 Å². The Morgan fingerprint density at radius 1 is 1.17 bits per heavy atom. The van der Waals surface area contributed by atoms with Gasteiger partial charge in [0.15, 0.2) is 0 Å². The Morgan fingerprint density at radius 3 is 2.62 bits per heavy atom. The van der Waals surface area contributed by atoms with Gasteiger partial charge in [-0.05, 0) is 43.2 Å². The smallest absolute Gasteiger partial charge is 0.135 e. The Labute approximate surface area is 141 Å². The fourth-order valence-electron chi connectivity index (χ4n) is 3.00. The SMILES string of the molecule is COCCn1c(C)c(C)c2c(NCc3ccc(F)cc3)nccc21. The molecule has 0 saturated carbocycles. The molecule has 0 atom stereocenters. The van der Waals surface area contributed by atoms with E-state index in [9.17, 15) is 4.39 Å². The maximum atomic E-state index is 13.0. The number of nitrogens with zero attached hydrogens (tertiary/aromatic N) is 2. The van der Waals surface area contributed by atoms with Gasteiger partial charge < -0.3 is 14.6 Å². The van der Waals surface area contributed by atoms with Gasteiger partial charge in [0.05, 0.1) is 12.1 Å². The number of aromatic nitrogens is 2. The molecule has 0 amide bonds. The van der Waals surface area contributed by atoms with E-state index < -0.39 is 0 Å². The van der Waals surface area contributed by atoms with E-state index in [1.165, 1.54) is 23.4 Å². The maximum Gasteiger partial charge on any atom is 0.135 e. The summed E-state index contributed by atoms with van der Waals surface area (Å²) in [5.74, 6) is 0.634. The number of fused-ring (bicyclic) bond motifs is 1. The van der Waals surface area contributed by atoms with Crippen LogP contribution in [0.1, 0.15) is 16.8 Å². The van der Waals surface area contributed by atoms with Gasteiger partial charge in [-0.3, -0.25) is 0 Å². The number of anilines is 1. The van der Waals surface area contributed by atoms with Crippen LogP contribution in [-0.4, -0.2) is 23.3 Å². The number of pyridine rings is 1. The third-order valence-electron chi connectivity index (χ3n) is 4.43. The second-order valence-electron chi connectivity index (χ2n) is 5.89. The second kappa shape index (κ2) is 7.01. The first-order chi connectivity index (χ1) is 11.6. The third-order valence-corrected chi connectivity index (χ3v) is 4.43. The summed E-state index contributed by atoms with van der Waals surface area (Å²) < 4.78 is 20.5. The fraction of sp³-hybridized carbons (Fsp3) is 0.316. The lowest BCUT2D eigenvalue weighted by Gasteiger charge is -2.09. The van der Waals surface area contributed by atoms with Gasteiger partial charge in [-0.2, -0.15) is 0 Å². The largest absolute Gasteiger partial charge is 0.383 e. The number of benzene rings is 1. The molecule has 4 nitrogen and oxygen atoms in total. The van der Waals surface area contributed by atoms with E-state index in [2.05, 4.69) is 28.7 Å². The van der Waals surface area contributed by atoms with E-state index in [-0.39, 0.29) is 5.82 Å². The van der Waals surface area contributed by atoms with Crippen LogP contribution in [0.2, 0.25) is 0 Å². The first-order valence-electron chi connectivity index (χ1n) is 8.03. The monoisotopic (exact) mass is 327 g/mol. The molecule has 1 N–H and O–H groups in total. The van der Waals surface area contributed by atoms with E-state index in [0.717, 1.165) is 28.8 Å². The van der Waals surface area contributed by atoms with Gasteiger partial charge in [-0.15, -0.1) is 0 Å². The average Bonchev–Trinajstić information content (AvgIpc) is 2.84. The highest BCUT2D eigenvalue weighted by molar-refractivity contribution is 5.94. The molecule has 3 rings (SSSR count). The van der Waals surface area contributed by atoms with Crippen LogP contribution < -0.4 is 5.32 Å².